The van der Waals surface area contributed by atoms with Gasteiger partial charge in [-0.25, -0.2) is 0 Å². The molecule has 5 heteroatoms. The van der Waals surface area contributed by atoms with Crippen molar-refractivity contribution in [2.24, 2.45) is 0 Å². The van der Waals surface area contributed by atoms with Gasteiger partial charge in [0.25, 0.3) is 0 Å². The Balaban J connectivity index is 3.89. The molecule has 0 heterocycles. The minimum absolute atomic E-state index is 0.174. The lowest BCUT2D eigenvalue weighted by Gasteiger charge is -2.15. The molecule has 0 aromatic carbocycles. The van der Waals surface area contributed by atoms with Crippen molar-refractivity contribution in [3.05, 3.63) is 0 Å². The van der Waals surface area contributed by atoms with Gasteiger partial charge in [-0.2, -0.15) is 0 Å². The monoisotopic (exact) mass is 189 g/mol. The highest BCUT2D eigenvalue weighted by Crippen LogP contribution is 1.97. The van der Waals surface area contributed by atoms with Crippen molar-refractivity contribution in [1.82, 2.24) is 5.32 Å². The standard InChI is InChI=1S/C8H15NO4/c1-6(3-4-10)13-8(12)7(5-11)9-2/h4,6-7,9,11H,3,5H2,1-2H3. The van der Waals surface area contributed by atoms with Gasteiger partial charge in [0.2, 0.25) is 0 Å². The van der Waals surface area contributed by atoms with E-state index in [1.54, 1.807) is 14.0 Å². The second-order valence-corrected chi connectivity index (χ2v) is 2.67. The molecule has 2 atom stereocenters. The zero-order valence-corrected chi connectivity index (χ0v) is 7.82. The zero-order chi connectivity index (χ0) is 10.3. The molecule has 0 spiro atoms. The van der Waals surface area contributed by atoms with Gasteiger partial charge < -0.3 is 20.0 Å². The molecule has 0 aromatic rings. The fraction of sp³-hybridized carbons (Fsp3) is 0.750. The number of hydrogen-bond acceptors (Lipinski definition) is 5. The average Bonchev–Trinajstić information content (AvgIpc) is 2.06. The third-order valence-electron chi connectivity index (χ3n) is 1.56. The molecular weight excluding hydrogens is 174 g/mol. The van der Waals surface area contributed by atoms with Gasteiger partial charge in [0.05, 0.1) is 6.61 Å². The Morgan fingerprint density at radius 2 is 2.31 bits per heavy atom. The molecule has 0 aromatic heterocycles. The molecule has 76 valence electrons. The minimum Gasteiger partial charge on any atom is -0.461 e. The van der Waals surface area contributed by atoms with E-state index in [1.165, 1.54) is 0 Å². The highest BCUT2D eigenvalue weighted by molar-refractivity contribution is 5.76. The number of rotatable bonds is 6. The van der Waals surface area contributed by atoms with Crippen molar-refractivity contribution in [2.75, 3.05) is 13.7 Å². The molecule has 0 fully saturated rings. The van der Waals surface area contributed by atoms with E-state index in [0.29, 0.717) is 6.29 Å². The first-order valence-electron chi connectivity index (χ1n) is 4.08. The molecule has 0 amide bonds. The lowest BCUT2D eigenvalue weighted by molar-refractivity contribution is -0.152. The summed E-state index contributed by atoms with van der Waals surface area (Å²) < 4.78 is 4.84. The van der Waals surface area contributed by atoms with Crippen LogP contribution in [0.2, 0.25) is 0 Å². The Morgan fingerprint density at radius 3 is 2.69 bits per heavy atom. The lowest BCUT2D eigenvalue weighted by Crippen LogP contribution is -2.40. The summed E-state index contributed by atoms with van der Waals surface area (Å²) in [5.74, 6) is -0.542. The number of carbonyl (C=O) groups excluding carboxylic acids is 2. The van der Waals surface area contributed by atoms with Crippen molar-refractivity contribution in [3.63, 3.8) is 0 Å². The predicted octanol–water partition coefficient (Wildman–Crippen LogP) is -0.913. The van der Waals surface area contributed by atoms with Crippen molar-refractivity contribution in [1.29, 1.82) is 0 Å². The highest BCUT2D eigenvalue weighted by atomic mass is 16.5. The number of nitrogens with one attached hydrogen (secondary N) is 1. The predicted molar refractivity (Wildman–Crippen MR) is 46.2 cm³/mol. The topological polar surface area (TPSA) is 75.6 Å². The second kappa shape index (κ2) is 6.56. The highest BCUT2D eigenvalue weighted by Gasteiger charge is 2.18. The largest absolute Gasteiger partial charge is 0.461 e. The fourth-order valence-electron chi connectivity index (χ4n) is 0.748. The van der Waals surface area contributed by atoms with Crippen LogP contribution in [-0.4, -0.2) is 43.2 Å². The van der Waals surface area contributed by atoms with Crippen molar-refractivity contribution in [2.45, 2.75) is 25.5 Å². The molecule has 2 unspecified atom stereocenters. The molecule has 5 nitrogen and oxygen atoms in total. The van der Waals surface area contributed by atoms with Crippen LogP contribution in [0.4, 0.5) is 0 Å². The van der Waals surface area contributed by atoms with Gasteiger partial charge in [-0.15, -0.1) is 0 Å². The molecule has 0 aliphatic carbocycles. The Morgan fingerprint density at radius 1 is 1.69 bits per heavy atom. The van der Waals surface area contributed by atoms with Crippen LogP contribution in [-0.2, 0) is 14.3 Å². The van der Waals surface area contributed by atoms with Gasteiger partial charge in [0.1, 0.15) is 18.4 Å². The van der Waals surface area contributed by atoms with E-state index in [2.05, 4.69) is 5.32 Å². The summed E-state index contributed by atoms with van der Waals surface area (Å²) in [5.41, 5.74) is 0. The van der Waals surface area contributed by atoms with Crippen LogP contribution in [0.3, 0.4) is 0 Å². The molecule has 0 saturated heterocycles. The third kappa shape index (κ3) is 4.59. The number of aliphatic hydroxyl groups excluding tert-OH is 1. The molecule has 0 aliphatic rings. The maximum atomic E-state index is 11.1. The molecule has 0 rings (SSSR count). The molecule has 0 aliphatic heterocycles. The smallest absolute Gasteiger partial charge is 0.325 e. The first-order chi connectivity index (χ1) is 6.15. The number of likely N-dealkylation sites (N-methyl/N-ethyl adjacent to an activating group) is 1. The number of hydrogen-bond donors (Lipinski definition) is 2. The quantitative estimate of drug-likeness (QED) is 0.418. The van der Waals surface area contributed by atoms with Crippen LogP contribution >= 0.6 is 0 Å². The molecule has 0 radical (unpaired) electrons. The zero-order valence-electron chi connectivity index (χ0n) is 7.82. The number of aliphatic hydroxyl groups is 1. The minimum atomic E-state index is -0.714. The molecule has 0 bridgehead atoms. The molecule has 0 saturated carbocycles. The Hall–Kier alpha value is -0.940. The molecule has 13 heavy (non-hydrogen) atoms. The van der Waals surface area contributed by atoms with Gasteiger partial charge in [0.15, 0.2) is 0 Å². The van der Waals surface area contributed by atoms with Crippen molar-refractivity contribution >= 4 is 12.3 Å². The first kappa shape index (κ1) is 12.1. The van der Waals surface area contributed by atoms with Gasteiger partial charge in [0, 0.05) is 6.42 Å². The van der Waals surface area contributed by atoms with Gasteiger partial charge in [-0.05, 0) is 14.0 Å². The van der Waals surface area contributed by atoms with E-state index in [9.17, 15) is 9.59 Å². The van der Waals surface area contributed by atoms with Crippen LogP contribution in [0.1, 0.15) is 13.3 Å². The Labute approximate surface area is 77.1 Å². The summed E-state index contributed by atoms with van der Waals surface area (Å²) in [4.78, 5) is 21.2. The normalized spacial score (nSPS) is 14.7. The summed E-state index contributed by atoms with van der Waals surface area (Å²) in [6.45, 7) is 1.31. The number of aldehydes is 1. The van der Waals surface area contributed by atoms with Crippen molar-refractivity contribution in [3.8, 4) is 0 Å². The number of ether oxygens (including phenoxy) is 1. The first-order valence-corrected chi connectivity index (χ1v) is 4.08. The summed E-state index contributed by atoms with van der Waals surface area (Å²) in [7, 11) is 1.55. The third-order valence-corrected chi connectivity index (χ3v) is 1.56. The summed E-state index contributed by atoms with van der Waals surface area (Å²) in [5, 5.41) is 11.3. The Bertz CT molecular complexity index is 168. The van der Waals surface area contributed by atoms with E-state index in [0.717, 1.165) is 0 Å². The number of esters is 1. The SMILES string of the molecule is CNC(CO)C(=O)OC(C)CC=O. The van der Waals surface area contributed by atoms with Crippen LogP contribution in [0.25, 0.3) is 0 Å². The van der Waals surface area contributed by atoms with Crippen molar-refractivity contribution < 1.29 is 19.4 Å². The fourth-order valence-corrected chi connectivity index (χ4v) is 0.748. The van der Waals surface area contributed by atoms with Gasteiger partial charge in [-0.3, -0.25) is 4.79 Å². The van der Waals surface area contributed by atoms with Gasteiger partial charge in [-0.1, -0.05) is 0 Å². The summed E-state index contributed by atoms with van der Waals surface area (Å²) >= 11 is 0. The van der Waals surface area contributed by atoms with E-state index >= 15 is 0 Å². The summed E-state index contributed by atoms with van der Waals surface area (Å²) in [6, 6.07) is -0.714. The van der Waals surface area contributed by atoms with E-state index < -0.39 is 18.1 Å². The Kier molecular flexibility index (Phi) is 6.09. The van der Waals surface area contributed by atoms with Crippen LogP contribution in [0, 0.1) is 0 Å². The van der Waals surface area contributed by atoms with Crippen LogP contribution in [0.5, 0.6) is 0 Å². The van der Waals surface area contributed by atoms with Crippen LogP contribution in [0.15, 0.2) is 0 Å². The van der Waals surface area contributed by atoms with E-state index in [1.807, 2.05) is 0 Å². The average molecular weight is 189 g/mol. The molecular formula is C8H15NO4. The maximum Gasteiger partial charge on any atom is 0.325 e. The molecule has 2 N–H and O–H groups in total. The lowest BCUT2D eigenvalue weighted by atomic mass is 10.3. The van der Waals surface area contributed by atoms with Crippen LogP contribution < -0.4 is 5.32 Å². The maximum absolute atomic E-state index is 11.1. The van der Waals surface area contributed by atoms with E-state index in [4.69, 9.17) is 9.84 Å². The number of carbonyl (C=O) groups is 2. The van der Waals surface area contributed by atoms with Gasteiger partial charge >= 0.3 is 5.97 Å². The van der Waals surface area contributed by atoms with E-state index in [-0.39, 0.29) is 13.0 Å². The second-order valence-electron chi connectivity index (χ2n) is 2.67. The summed E-state index contributed by atoms with van der Waals surface area (Å²) in [6.07, 6.45) is 0.422.